The molecule has 2 rings (SSSR count). The van der Waals surface area contributed by atoms with Gasteiger partial charge in [-0.15, -0.1) is 0 Å². The summed E-state index contributed by atoms with van der Waals surface area (Å²) in [4.78, 5) is 0. The van der Waals surface area contributed by atoms with Gasteiger partial charge in [-0.3, -0.25) is 0 Å². The highest BCUT2D eigenvalue weighted by Crippen LogP contribution is 2.15. The topological polar surface area (TPSA) is 12.0 Å². The maximum atomic E-state index is 12.6. The fraction of sp³-hybridized carbons (Fsp3) is 0.455. The molecule has 0 radical (unpaired) electrons. The van der Waals surface area contributed by atoms with Crippen molar-refractivity contribution >= 4 is 0 Å². The second-order valence-electron chi connectivity index (χ2n) is 3.69. The van der Waals surface area contributed by atoms with E-state index < -0.39 is 0 Å². The van der Waals surface area contributed by atoms with E-state index in [1.165, 1.54) is 24.1 Å². The largest absolute Gasteiger partial charge is 0.316 e. The Kier molecular flexibility index (Phi) is 2.60. The normalized spacial score (nSPS) is 22.1. The summed E-state index contributed by atoms with van der Waals surface area (Å²) in [5, 5.41) is 3.33. The number of rotatable bonds is 2. The molecule has 1 saturated heterocycles. The molecular weight excluding hydrogens is 165 g/mol. The number of benzene rings is 1. The number of hydrogen-bond acceptors (Lipinski definition) is 1. The number of nitrogens with one attached hydrogen (secondary N) is 1. The van der Waals surface area contributed by atoms with Gasteiger partial charge in [-0.25, -0.2) is 4.39 Å². The third-order valence-corrected chi connectivity index (χ3v) is 2.60. The minimum absolute atomic E-state index is 0.145. The van der Waals surface area contributed by atoms with Crippen molar-refractivity contribution in [2.24, 2.45) is 5.92 Å². The van der Waals surface area contributed by atoms with Crippen molar-refractivity contribution < 1.29 is 4.39 Å². The zero-order valence-electron chi connectivity index (χ0n) is 7.59. The summed E-state index contributed by atoms with van der Waals surface area (Å²) in [6.07, 6.45) is 2.32. The first kappa shape index (κ1) is 8.70. The van der Waals surface area contributed by atoms with E-state index in [2.05, 4.69) is 5.32 Å². The van der Waals surface area contributed by atoms with Gasteiger partial charge in [0.15, 0.2) is 0 Å². The Balaban J connectivity index is 1.97. The third kappa shape index (κ3) is 2.28. The van der Waals surface area contributed by atoms with E-state index in [4.69, 9.17) is 0 Å². The molecule has 0 bridgehead atoms. The fourth-order valence-electron chi connectivity index (χ4n) is 1.84. The van der Waals surface area contributed by atoms with Gasteiger partial charge in [-0.2, -0.15) is 0 Å². The van der Waals surface area contributed by atoms with Crippen LogP contribution in [-0.4, -0.2) is 13.1 Å². The van der Waals surface area contributed by atoms with Crippen molar-refractivity contribution in [3.8, 4) is 0 Å². The van der Waals surface area contributed by atoms with Crippen LogP contribution in [0, 0.1) is 11.7 Å². The lowest BCUT2D eigenvalue weighted by Crippen LogP contribution is -2.10. The molecule has 2 heteroatoms. The molecule has 1 N–H and O–H groups in total. The van der Waals surface area contributed by atoms with Crippen molar-refractivity contribution in [3.63, 3.8) is 0 Å². The third-order valence-electron chi connectivity index (χ3n) is 2.60. The van der Waals surface area contributed by atoms with Crippen molar-refractivity contribution in [1.82, 2.24) is 5.32 Å². The van der Waals surface area contributed by atoms with Gasteiger partial charge >= 0.3 is 0 Å². The zero-order valence-corrected chi connectivity index (χ0v) is 7.59. The quantitative estimate of drug-likeness (QED) is 0.732. The van der Waals surface area contributed by atoms with E-state index in [0.717, 1.165) is 25.4 Å². The summed E-state index contributed by atoms with van der Waals surface area (Å²) in [5.74, 6) is 0.596. The molecule has 1 aliphatic rings. The van der Waals surface area contributed by atoms with Crippen LogP contribution in [0.2, 0.25) is 0 Å². The van der Waals surface area contributed by atoms with E-state index in [1.807, 2.05) is 12.1 Å². The zero-order chi connectivity index (χ0) is 9.10. The number of halogens is 1. The standard InChI is InChI=1S/C11H14FN/c12-11-3-1-9(2-4-11)7-10-5-6-13-8-10/h1-4,10,13H,5-8H2. The Bertz CT molecular complexity index is 262. The van der Waals surface area contributed by atoms with E-state index in [9.17, 15) is 4.39 Å². The molecule has 1 nitrogen and oxygen atoms in total. The van der Waals surface area contributed by atoms with E-state index in [1.54, 1.807) is 0 Å². The van der Waals surface area contributed by atoms with Gasteiger partial charge in [0.25, 0.3) is 0 Å². The first-order chi connectivity index (χ1) is 6.34. The molecule has 1 heterocycles. The second kappa shape index (κ2) is 3.88. The Hall–Kier alpha value is -0.890. The lowest BCUT2D eigenvalue weighted by molar-refractivity contribution is 0.577. The van der Waals surface area contributed by atoms with E-state index >= 15 is 0 Å². The average molecular weight is 179 g/mol. The summed E-state index contributed by atoms with van der Waals surface area (Å²) in [7, 11) is 0. The lowest BCUT2D eigenvalue weighted by atomic mass is 9.99. The number of hydrogen-bond donors (Lipinski definition) is 1. The molecule has 0 amide bonds. The summed E-state index contributed by atoms with van der Waals surface area (Å²) in [5.41, 5.74) is 1.25. The highest BCUT2D eigenvalue weighted by molar-refractivity contribution is 5.16. The summed E-state index contributed by atoms with van der Waals surface area (Å²) in [6.45, 7) is 2.24. The monoisotopic (exact) mass is 179 g/mol. The molecule has 0 spiro atoms. The SMILES string of the molecule is Fc1ccc(CC2CCNC2)cc1. The van der Waals surface area contributed by atoms with Crippen LogP contribution in [-0.2, 0) is 6.42 Å². The van der Waals surface area contributed by atoms with Crippen LogP contribution in [0.3, 0.4) is 0 Å². The second-order valence-corrected chi connectivity index (χ2v) is 3.69. The molecule has 1 aromatic rings. The predicted octanol–water partition coefficient (Wildman–Crippen LogP) is 1.98. The maximum absolute atomic E-state index is 12.6. The van der Waals surface area contributed by atoms with Crippen molar-refractivity contribution in [3.05, 3.63) is 35.6 Å². The van der Waals surface area contributed by atoms with Crippen LogP contribution in [0.4, 0.5) is 4.39 Å². The van der Waals surface area contributed by atoms with Crippen molar-refractivity contribution in [2.75, 3.05) is 13.1 Å². The molecule has 13 heavy (non-hydrogen) atoms. The first-order valence-corrected chi connectivity index (χ1v) is 4.80. The molecule has 1 atom stereocenters. The molecule has 1 unspecified atom stereocenters. The highest BCUT2D eigenvalue weighted by atomic mass is 19.1. The van der Waals surface area contributed by atoms with Crippen LogP contribution in [0.25, 0.3) is 0 Å². The minimum Gasteiger partial charge on any atom is -0.316 e. The molecular formula is C11H14FN. The Morgan fingerprint density at radius 3 is 2.69 bits per heavy atom. The molecule has 0 aliphatic carbocycles. The van der Waals surface area contributed by atoms with Gasteiger partial charge in [0.05, 0.1) is 0 Å². The van der Waals surface area contributed by atoms with Crippen LogP contribution >= 0.6 is 0 Å². The van der Waals surface area contributed by atoms with Crippen LogP contribution < -0.4 is 5.32 Å². The highest BCUT2D eigenvalue weighted by Gasteiger charge is 2.14. The van der Waals surface area contributed by atoms with Gasteiger partial charge in [-0.05, 0) is 49.5 Å². The average Bonchev–Trinajstić information content (AvgIpc) is 2.62. The summed E-state index contributed by atoms with van der Waals surface area (Å²) >= 11 is 0. The van der Waals surface area contributed by atoms with Crippen LogP contribution in [0.15, 0.2) is 24.3 Å². The first-order valence-electron chi connectivity index (χ1n) is 4.80. The van der Waals surface area contributed by atoms with Gasteiger partial charge in [0.2, 0.25) is 0 Å². The van der Waals surface area contributed by atoms with E-state index in [0.29, 0.717) is 0 Å². The fourth-order valence-corrected chi connectivity index (χ4v) is 1.84. The predicted molar refractivity (Wildman–Crippen MR) is 51.1 cm³/mol. The molecule has 0 saturated carbocycles. The molecule has 70 valence electrons. The van der Waals surface area contributed by atoms with Gasteiger partial charge in [-0.1, -0.05) is 12.1 Å². The van der Waals surface area contributed by atoms with Crippen molar-refractivity contribution in [1.29, 1.82) is 0 Å². The van der Waals surface area contributed by atoms with Gasteiger partial charge in [0.1, 0.15) is 5.82 Å². The summed E-state index contributed by atoms with van der Waals surface area (Å²) < 4.78 is 12.6. The maximum Gasteiger partial charge on any atom is 0.123 e. The molecule has 1 aromatic carbocycles. The van der Waals surface area contributed by atoms with Gasteiger partial charge in [0, 0.05) is 0 Å². The minimum atomic E-state index is -0.145. The molecule has 1 fully saturated rings. The van der Waals surface area contributed by atoms with Crippen molar-refractivity contribution in [2.45, 2.75) is 12.8 Å². The van der Waals surface area contributed by atoms with Gasteiger partial charge < -0.3 is 5.32 Å². The summed E-state index contributed by atoms with van der Waals surface area (Å²) in [6, 6.07) is 6.84. The van der Waals surface area contributed by atoms with E-state index in [-0.39, 0.29) is 5.82 Å². The van der Waals surface area contributed by atoms with Crippen LogP contribution in [0.1, 0.15) is 12.0 Å². The van der Waals surface area contributed by atoms with Crippen LogP contribution in [0.5, 0.6) is 0 Å². The smallest absolute Gasteiger partial charge is 0.123 e. The molecule has 1 aliphatic heterocycles. The Labute approximate surface area is 78.0 Å². The Morgan fingerprint density at radius 1 is 1.31 bits per heavy atom. The lowest BCUT2D eigenvalue weighted by Gasteiger charge is -2.07. The molecule has 0 aromatic heterocycles. The Morgan fingerprint density at radius 2 is 2.08 bits per heavy atom.